The number of piperidine rings is 1. The van der Waals surface area contributed by atoms with E-state index in [1.165, 1.54) is 0 Å². The van der Waals surface area contributed by atoms with Crippen molar-refractivity contribution in [3.63, 3.8) is 0 Å². The third kappa shape index (κ3) is 2.89. The molecule has 1 N–H and O–H groups in total. The highest BCUT2D eigenvalue weighted by atomic mass is 19.4. The Labute approximate surface area is 96.4 Å². The molecule has 17 heavy (non-hydrogen) atoms. The number of carboxylic acid groups (broad SMARTS) is 1. The van der Waals surface area contributed by atoms with Crippen molar-refractivity contribution in [1.82, 2.24) is 4.90 Å². The minimum atomic E-state index is -5.02. The highest BCUT2D eigenvalue weighted by molar-refractivity contribution is 5.87. The van der Waals surface area contributed by atoms with Crippen LogP contribution in [0.5, 0.6) is 0 Å². The minimum absolute atomic E-state index is 0.0770. The van der Waals surface area contributed by atoms with Crippen LogP contribution >= 0.6 is 0 Å². The number of nitrogens with zero attached hydrogens (tertiary/aromatic N) is 1. The Morgan fingerprint density at radius 1 is 1.35 bits per heavy atom. The summed E-state index contributed by atoms with van der Waals surface area (Å²) in [6.45, 7) is 1.64. The van der Waals surface area contributed by atoms with Gasteiger partial charge in [-0.3, -0.25) is 4.79 Å². The standard InChI is InChI=1S/C10H14F3NO3/c1-2-6-4-3-5-7(8(15)16)14(6)9(17)10(11,12)13/h6-7H,2-5H2,1H3,(H,15,16). The Hall–Kier alpha value is -1.27. The van der Waals surface area contributed by atoms with E-state index in [1.807, 2.05) is 0 Å². The second-order valence-corrected chi connectivity index (χ2v) is 4.06. The quantitative estimate of drug-likeness (QED) is 0.816. The lowest BCUT2D eigenvalue weighted by molar-refractivity contribution is -0.194. The summed E-state index contributed by atoms with van der Waals surface area (Å²) in [5.74, 6) is -3.42. The van der Waals surface area contributed by atoms with Crippen molar-refractivity contribution in [2.24, 2.45) is 0 Å². The van der Waals surface area contributed by atoms with Crippen LogP contribution in [0.2, 0.25) is 0 Å². The van der Waals surface area contributed by atoms with E-state index in [-0.39, 0.29) is 6.42 Å². The summed E-state index contributed by atoms with van der Waals surface area (Å²) in [5.41, 5.74) is 0. The van der Waals surface area contributed by atoms with Gasteiger partial charge in [0.05, 0.1) is 0 Å². The fourth-order valence-corrected chi connectivity index (χ4v) is 2.18. The van der Waals surface area contributed by atoms with Gasteiger partial charge in [0, 0.05) is 6.04 Å². The van der Waals surface area contributed by atoms with E-state index in [1.54, 1.807) is 6.92 Å². The third-order valence-corrected chi connectivity index (χ3v) is 2.98. The molecule has 0 bridgehead atoms. The van der Waals surface area contributed by atoms with Crippen molar-refractivity contribution in [3.05, 3.63) is 0 Å². The van der Waals surface area contributed by atoms with Crippen LogP contribution < -0.4 is 0 Å². The van der Waals surface area contributed by atoms with Crippen molar-refractivity contribution < 1.29 is 27.9 Å². The van der Waals surface area contributed by atoms with Gasteiger partial charge < -0.3 is 10.0 Å². The van der Waals surface area contributed by atoms with Gasteiger partial charge in [-0.05, 0) is 25.7 Å². The number of rotatable bonds is 2. The largest absolute Gasteiger partial charge is 0.480 e. The summed E-state index contributed by atoms with van der Waals surface area (Å²) >= 11 is 0. The van der Waals surface area contributed by atoms with Gasteiger partial charge in [0.1, 0.15) is 6.04 Å². The first kappa shape index (κ1) is 13.8. The van der Waals surface area contributed by atoms with Gasteiger partial charge in [0.25, 0.3) is 0 Å². The van der Waals surface area contributed by atoms with Crippen molar-refractivity contribution >= 4 is 11.9 Å². The Kier molecular flexibility index (Phi) is 4.00. The first-order valence-corrected chi connectivity index (χ1v) is 5.41. The van der Waals surface area contributed by atoms with E-state index in [2.05, 4.69) is 0 Å². The second kappa shape index (κ2) is 4.93. The van der Waals surface area contributed by atoms with Crippen molar-refractivity contribution in [2.75, 3.05) is 0 Å². The van der Waals surface area contributed by atoms with Gasteiger partial charge in [-0.1, -0.05) is 6.92 Å². The zero-order chi connectivity index (χ0) is 13.2. The molecule has 1 rings (SSSR count). The molecule has 1 heterocycles. The average molecular weight is 253 g/mol. The van der Waals surface area contributed by atoms with Crippen LogP contribution in [0.3, 0.4) is 0 Å². The number of alkyl halides is 3. The number of hydrogen-bond acceptors (Lipinski definition) is 2. The minimum Gasteiger partial charge on any atom is -0.480 e. The molecule has 0 saturated carbocycles. The maximum atomic E-state index is 12.4. The monoisotopic (exact) mass is 253 g/mol. The normalized spacial score (nSPS) is 25.8. The second-order valence-electron chi connectivity index (χ2n) is 4.06. The molecule has 1 amide bonds. The summed E-state index contributed by atoms with van der Waals surface area (Å²) in [6, 6.07) is -2.00. The highest BCUT2D eigenvalue weighted by Gasteiger charge is 2.49. The van der Waals surface area contributed by atoms with Gasteiger partial charge in [-0.15, -0.1) is 0 Å². The van der Waals surface area contributed by atoms with Crippen molar-refractivity contribution in [3.8, 4) is 0 Å². The van der Waals surface area contributed by atoms with Gasteiger partial charge in [-0.2, -0.15) is 13.2 Å². The molecule has 1 aliphatic heterocycles. The van der Waals surface area contributed by atoms with E-state index >= 15 is 0 Å². The van der Waals surface area contributed by atoms with Gasteiger partial charge in [0.2, 0.25) is 0 Å². The molecule has 1 aliphatic rings. The molecule has 2 unspecified atom stereocenters. The molecule has 2 atom stereocenters. The van der Waals surface area contributed by atoms with Crippen molar-refractivity contribution in [1.29, 1.82) is 0 Å². The number of amides is 1. The summed E-state index contributed by atoms with van der Waals surface area (Å²) in [4.78, 5) is 22.6. The Morgan fingerprint density at radius 3 is 2.35 bits per heavy atom. The van der Waals surface area contributed by atoms with E-state index in [9.17, 15) is 22.8 Å². The first-order valence-electron chi connectivity index (χ1n) is 5.41. The molecule has 0 aliphatic carbocycles. The fraction of sp³-hybridized carbons (Fsp3) is 0.800. The first-order chi connectivity index (χ1) is 7.79. The maximum absolute atomic E-state index is 12.4. The summed E-state index contributed by atoms with van der Waals surface area (Å²) < 4.78 is 37.2. The number of carbonyl (C=O) groups is 2. The van der Waals surface area contributed by atoms with Gasteiger partial charge in [-0.25, -0.2) is 4.79 Å². The molecule has 98 valence electrons. The van der Waals surface area contributed by atoms with Crippen LogP contribution in [0.15, 0.2) is 0 Å². The Bertz CT molecular complexity index is 316. The molecule has 0 radical (unpaired) electrons. The zero-order valence-electron chi connectivity index (χ0n) is 9.33. The van der Waals surface area contributed by atoms with Crippen LogP contribution in [0.1, 0.15) is 32.6 Å². The molecule has 1 fully saturated rings. The lowest BCUT2D eigenvalue weighted by Crippen LogP contribution is -2.56. The van der Waals surface area contributed by atoms with E-state index < -0.39 is 30.1 Å². The van der Waals surface area contributed by atoms with E-state index in [0.717, 1.165) is 0 Å². The predicted molar refractivity (Wildman–Crippen MR) is 52.3 cm³/mol. The lowest BCUT2D eigenvalue weighted by Gasteiger charge is -2.40. The molecule has 0 aromatic rings. The van der Waals surface area contributed by atoms with Gasteiger partial charge >= 0.3 is 18.1 Å². The fourth-order valence-electron chi connectivity index (χ4n) is 2.18. The number of aliphatic carboxylic acids is 1. The lowest BCUT2D eigenvalue weighted by atomic mass is 9.93. The van der Waals surface area contributed by atoms with E-state index in [0.29, 0.717) is 24.2 Å². The zero-order valence-corrected chi connectivity index (χ0v) is 9.33. The SMILES string of the molecule is CCC1CCCC(C(=O)O)N1C(=O)C(F)(F)F. The van der Waals surface area contributed by atoms with Gasteiger partial charge in [0.15, 0.2) is 0 Å². The number of halogens is 3. The molecular weight excluding hydrogens is 239 g/mol. The number of hydrogen-bond donors (Lipinski definition) is 1. The number of likely N-dealkylation sites (tertiary alicyclic amines) is 1. The molecule has 0 aromatic carbocycles. The molecule has 0 spiro atoms. The van der Waals surface area contributed by atoms with Crippen LogP contribution in [0.4, 0.5) is 13.2 Å². The van der Waals surface area contributed by atoms with Crippen molar-refractivity contribution in [2.45, 2.75) is 50.9 Å². The maximum Gasteiger partial charge on any atom is 0.471 e. The Morgan fingerprint density at radius 2 is 1.94 bits per heavy atom. The predicted octanol–water partition coefficient (Wildman–Crippen LogP) is 1.79. The summed E-state index contributed by atoms with van der Waals surface area (Å²) in [5, 5.41) is 8.88. The van der Waals surface area contributed by atoms with E-state index in [4.69, 9.17) is 5.11 Å². The van der Waals surface area contributed by atoms with Crippen LogP contribution in [-0.4, -0.2) is 40.1 Å². The molecule has 4 nitrogen and oxygen atoms in total. The summed E-state index contributed by atoms with van der Waals surface area (Å²) in [7, 11) is 0. The van der Waals surface area contributed by atoms with Crippen LogP contribution in [0, 0.1) is 0 Å². The number of carboxylic acids is 1. The average Bonchev–Trinajstić information content (AvgIpc) is 2.25. The highest BCUT2D eigenvalue weighted by Crippen LogP contribution is 2.30. The molecular formula is C10H14F3NO3. The smallest absolute Gasteiger partial charge is 0.471 e. The topological polar surface area (TPSA) is 57.6 Å². The number of carbonyl (C=O) groups excluding carboxylic acids is 1. The van der Waals surface area contributed by atoms with Crippen LogP contribution in [-0.2, 0) is 9.59 Å². The molecule has 1 saturated heterocycles. The molecule has 0 aromatic heterocycles. The summed E-state index contributed by atoms with van der Waals surface area (Å²) in [6.07, 6.45) is -3.67. The van der Waals surface area contributed by atoms with Crippen LogP contribution in [0.25, 0.3) is 0 Å². The Balaban J connectivity index is 3.00. The molecule has 7 heteroatoms. The third-order valence-electron chi connectivity index (χ3n) is 2.98.